The van der Waals surface area contributed by atoms with Gasteiger partial charge in [0.1, 0.15) is 11.9 Å². The monoisotopic (exact) mass is 653 g/mol. The van der Waals surface area contributed by atoms with Crippen LogP contribution in [-0.4, -0.2) is 14.5 Å². The molecule has 1 aliphatic heterocycles. The first kappa shape index (κ1) is 29.1. The third-order valence-corrected chi connectivity index (χ3v) is 13.1. The van der Waals surface area contributed by atoms with Crippen molar-refractivity contribution < 1.29 is 4.74 Å². The molecule has 3 heterocycles. The second-order valence-corrected chi connectivity index (χ2v) is 15.8. The highest BCUT2D eigenvalue weighted by atomic mass is 16.5. The molecule has 0 saturated heterocycles. The van der Waals surface area contributed by atoms with Crippen molar-refractivity contribution in [2.24, 2.45) is 35.5 Å². The predicted octanol–water partition coefficient (Wildman–Crippen LogP) is 11.0. The van der Waals surface area contributed by atoms with Gasteiger partial charge in [-0.05, 0) is 110 Å². The summed E-state index contributed by atoms with van der Waals surface area (Å²) in [5.74, 6) is 5.42. The number of hydrogen-bond donors (Lipinski definition) is 0. The average molecular weight is 654 g/mol. The van der Waals surface area contributed by atoms with Crippen molar-refractivity contribution in [1.82, 2.24) is 14.5 Å². The molecule has 248 valence electrons. The van der Waals surface area contributed by atoms with Gasteiger partial charge >= 0.3 is 0 Å². The van der Waals surface area contributed by atoms with Crippen LogP contribution in [0.1, 0.15) is 80.8 Å². The van der Waals surface area contributed by atoms with Crippen LogP contribution in [0.4, 0.5) is 0 Å². The molecular weight excluding hydrogens is 611 g/mol. The van der Waals surface area contributed by atoms with Gasteiger partial charge in [0.25, 0.3) is 0 Å². The largest absolute Gasteiger partial charge is 0.485 e. The zero-order chi connectivity index (χ0) is 32.9. The predicted molar refractivity (Wildman–Crippen MR) is 202 cm³/mol. The molecule has 2 aromatic heterocycles. The quantitative estimate of drug-likeness (QED) is 0.221. The molecule has 2 aromatic carbocycles. The molecule has 11 rings (SSSR count). The van der Waals surface area contributed by atoms with Crippen LogP contribution in [0.25, 0.3) is 33.8 Å². The topological polar surface area (TPSA) is 39.9 Å². The SMILES string of the molecule is C[C@@H]1C=CC(C2C3=C(CCC=C3)C3CC(c4nc(-n5c6c(c7ccccc75)C5OC7=CC(CCC=C7)C5C=C6)nc5ccccc45)CCC32)=C1. The van der Waals surface area contributed by atoms with E-state index in [-0.39, 0.29) is 6.10 Å². The molecule has 0 amide bonds. The van der Waals surface area contributed by atoms with Gasteiger partial charge in [-0.3, -0.25) is 4.57 Å². The molecule has 1 fully saturated rings. The summed E-state index contributed by atoms with van der Waals surface area (Å²) in [5, 5.41) is 2.46. The summed E-state index contributed by atoms with van der Waals surface area (Å²) < 4.78 is 9.14. The minimum Gasteiger partial charge on any atom is -0.485 e. The Kier molecular flexibility index (Phi) is 6.48. The molecule has 2 bridgehead atoms. The number of rotatable bonds is 3. The third-order valence-electron chi connectivity index (χ3n) is 13.1. The second-order valence-electron chi connectivity index (χ2n) is 15.8. The van der Waals surface area contributed by atoms with E-state index in [2.05, 4.69) is 121 Å². The van der Waals surface area contributed by atoms with E-state index >= 15 is 0 Å². The van der Waals surface area contributed by atoms with Gasteiger partial charge in [0.15, 0.2) is 0 Å². The van der Waals surface area contributed by atoms with Crippen LogP contribution in [0.3, 0.4) is 0 Å². The Morgan fingerprint density at radius 1 is 0.820 bits per heavy atom. The van der Waals surface area contributed by atoms with Crippen LogP contribution < -0.4 is 0 Å². The molecule has 4 aromatic rings. The fourth-order valence-electron chi connectivity index (χ4n) is 11.0. The van der Waals surface area contributed by atoms with Gasteiger partial charge in [0, 0.05) is 34.1 Å². The van der Waals surface area contributed by atoms with Crippen molar-refractivity contribution in [3.05, 3.63) is 143 Å². The summed E-state index contributed by atoms with van der Waals surface area (Å²) in [6.45, 7) is 2.32. The van der Waals surface area contributed by atoms with Gasteiger partial charge in [-0.25, -0.2) is 9.97 Å². The Hall–Kier alpha value is -4.70. The number of ether oxygens (including phenoxy) is 1. The van der Waals surface area contributed by atoms with Crippen LogP contribution in [0.15, 0.2) is 126 Å². The van der Waals surface area contributed by atoms with E-state index in [9.17, 15) is 0 Å². The highest BCUT2D eigenvalue weighted by molar-refractivity contribution is 5.91. The van der Waals surface area contributed by atoms with Crippen LogP contribution in [-0.2, 0) is 4.74 Å². The molecular formula is C46H43N3O. The Bertz CT molecular complexity index is 2310. The maximum atomic E-state index is 6.80. The number of allylic oxidation sites excluding steroid dienone is 11. The zero-order valence-corrected chi connectivity index (χ0v) is 28.7. The van der Waals surface area contributed by atoms with Gasteiger partial charge in [0.2, 0.25) is 5.95 Å². The lowest BCUT2D eigenvalue weighted by molar-refractivity contribution is 0.0511. The Labute approximate surface area is 294 Å². The molecule has 0 radical (unpaired) electrons. The number of hydrogen-bond acceptors (Lipinski definition) is 3. The van der Waals surface area contributed by atoms with E-state index in [1.54, 1.807) is 16.7 Å². The van der Waals surface area contributed by atoms with Gasteiger partial charge in [-0.1, -0.05) is 91.4 Å². The lowest BCUT2D eigenvalue weighted by atomic mass is 9.68. The molecule has 0 N–H and O–H groups in total. The minimum atomic E-state index is -0.0146. The second kappa shape index (κ2) is 11.2. The summed E-state index contributed by atoms with van der Waals surface area (Å²) >= 11 is 0. The van der Waals surface area contributed by atoms with Crippen molar-refractivity contribution in [3.8, 4) is 5.95 Å². The first-order chi connectivity index (χ1) is 24.7. The normalized spacial score (nSPS) is 31.9. The van der Waals surface area contributed by atoms with E-state index in [1.807, 2.05) is 0 Å². The highest BCUT2D eigenvalue weighted by Gasteiger charge is 2.47. The molecule has 7 aliphatic rings. The number of fused-ring (bicyclic) bond motifs is 10. The summed E-state index contributed by atoms with van der Waals surface area (Å²) in [7, 11) is 0. The van der Waals surface area contributed by atoms with E-state index in [0.29, 0.717) is 41.4 Å². The van der Waals surface area contributed by atoms with Crippen molar-refractivity contribution in [2.75, 3.05) is 0 Å². The maximum Gasteiger partial charge on any atom is 0.235 e. The summed E-state index contributed by atoms with van der Waals surface area (Å²) in [6.07, 6.45) is 32.0. The van der Waals surface area contributed by atoms with Crippen LogP contribution in [0.2, 0.25) is 0 Å². The van der Waals surface area contributed by atoms with Gasteiger partial charge < -0.3 is 4.74 Å². The Morgan fingerprint density at radius 2 is 1.70 bits per heavy atom. The standard InChI is InChI=1S/C46H43N3O/c1-27-18-19-29(24-27)42-34-13-5-4-12-33(34)38-26-30(20-21-35(38)42)44-36-14-6-8-16-39(36)47-46(48-44)49-40-17-9-7-15-37(40)43-41(49)23-22-32-28-10-2-3-11-31(25-28)50-45(32)43/h3,5-9,11,13-19,22-25,27-28,30,32,35,38,42,45H,2,4,10,12,20-21,26H2,1H3/t27-,28?,30?,32?,35?,38?,42?,45?/m1/s1. The molecule has 4 nitrogen and oxygen atoms in total. The summed E-state index contributed by atoms with van der Waals surface area (Å²) in [5.41, 5.74) is 10.8. The van der Waals surface area contributed by atoms with Gasteiger partial charge in [-0.2, -0.15) is 0 Å². The van der Waals surface area contributed by atoms with Crippen molar-refractivity contribution in [2.45, 2.75) is 63.9 Å². The number of benzene rings is 2. The average Bonchev–Trinajstić information content (AvgIpc) is 3.79. The van der Waals surface area contributed by atoms with Crippen molar-refractivity contribution >= 4 is 27.9 Å². The fraction of sp³-hybridized carbons (Fsp3) is 0.348. The molecule has 1 saturated carbocycles. The number of nitrogens with zero attached hydrogens (tertiary/aromatic N) is 3. The Balaban J connectivity index is 1.03. The molecule has 8 atom stereocenters. The number of aromatic nitrogens is 3. The zero-order valence-electron chi connectivity index (χ0n) is 28.7. The lowest BCUT2D eigenvalue weighted by Crippen LogP contribution is -2.28. The molecule has 4 heteroatoms. The molecule has 0 spiro atoms. The summed E-state index contributed by atoms with van der Waals surface area (Å²) in [4.78, 5) is 11.0. The Morgan fingerprint density at radius 3 is 2.62 bits per heavy atom. The minimum absolute atomic E-state index is 0.0146. The van der Waals surface area contributed by atoms with Crippen LogP contribution in [0.5, 0.6) is 0 Å². The molecule has 7 unspecified atom stereocenters. The van der Waals surface area contributed by atoms with E-state index in [1.165, 1.54) is 54.1 Å². The molecule has 50 heavy (non-hydrogen) atoms. The van der Waals surface area contributed by atoms with Gasteiger partial charge in [-0.15, -0.1) is 0 Å². The molecule has 6 aliphatic carbocycles. The van der Waals surface area contributed by atoms with Crippen molar-refractivity contribution in [1.29, 1.82) is 0 Å². The van der Waals surface area contributed by atoms with E-state index in [4.69, 9.17) is 14.7 Å². The smallest absolute Gasteiger partial charge is 0.235 e. The first-order valence-corrected chi connectivity index (χ1v) is 19.1. The third kappa shape index (κ3) is 4.30. The van der Waals surface area contributed by atoms with E-state index < -0.39 is 0 Å². The lowest BCUT2D eigenvalue weighted by Gasteiger charge is -2.37. The fourth-order valence-corrected chi connectivity index (χ4v) is 11.0. The van der Waals surface area contributed by atoms with E-state index in [0.717, 1.165) is 41.3 Å². The maximum absolute atomic E-state index is 6.80. The van der Waals surface area contributed by atoms with Crippen LogP contribution >= 0.6 is 0 Å². The van der Waals surface area contributed by atoms with Crippen LogP contribution in [0, 0.1) is 35.5 Å². The summed E-state index contributed by atoms with van der Waals surface area (Å²) in [6, 6.07) is 17.6. The van der Waals surface area contributed by atoms with Gasteiger partial charge in [0.05, 0.1) is 22.4 Å². The highest BCUT2D eigenvalue weighted by Crippen LogP contribution is 2.58. The van der Waals surface area contributed by atoms with Crippen molar-refractivity contribution in [3.63, 3.8) is 0 Å². The first-order valence-electron chi connectivity index (χ1n) is 19.1. The number of para-hydroxylation sites is 2.